The summed E-state index contributed by atoms with van der Waals surface area (Å²) in [6.45, 7) is -0.419. The van der Waals surface area contributed by atoms with Crippen LogP contribution in [0.5, 0.6) is 23.0 Å². The molecule has 2 rings (SSSR count). The van der Waals surface area contributed by atoms with E-state index in [9.17, 15) is 24.8 Å². The van der Waals surface area contributed by atoms with E-state index < -0.39 is 23.3 Å². The molecule has 0 heterocycles. The molecule has 0 atom stereocenters. The minimum atomic E-state index is -0.675. The number of amides is 2. The summed E-state index contributed by atoms with van der Waals surface area (Å²) in [5.74, 6) is -0.684. The molecule has 0 aliphatic heterocycles. The number of ether oxygens (including phenoxy) is 3. The summed E-state index contributed by atoms with van der Waals surface area (Å²) >= 11 is 3.00. The third-order valence-electron chi connectivity index (χ3n) is 4.02. The number of aromatic hydroxyl groups is 1. The average molecular weight is 511 g/mol. The molecule has 170 valence electrons. The lowest BCUT2D eigenvalue weighted by Crippen LogP contribution is -2.35. The fourth-order valence-corrected chi connectivity index (χ4v) is 2.96. The van der Waals surface area contributed by atoms with Crippen molar-refractivity contribution in [1.29, 1.82) is 0 Å². The number of benzene rings is 2. The number of nitrogens with zero attached hydrogens (tertiary/aromatic N) is 2. The van der Waals surface area contributed by atoms with E-state index in [2.05, 4.69) is 31.8 Å². The highest BCUT2D eigenvalue weighted by Gasteiger charge is 2.17. The first-order chi connectivity index (χ1) is 15.2. The number of nitro benzene ring substituents is 1. The van der Waals surface area contributed by atoms with Gasteiger partial charge in [-0.3, -0.25) is 19.7 Å². The molecule has 0 radical (unpaired) electrons. The maximum absolute atomic E-state index is 12.4. The van der Waals surface area contributed by atoms with Crippen LogP contribution in [-0.2, 0) is 4.79 Å². The minimum absolute atomic E-state index is 0.00725. The second kappa shape index (κ2) is 10.9. The van der Waals surface area contributed by atoms with E-state index in [0.29, 0.717) is 5.75 Å². The SMILES string of the molecule is COc1cc(C(=O)NCC(=O)N/N=C/c2cc([N+](=O)[O-])cc(Br)c2O)cc(OC)c1OC. The Bertz CT molecular complexity index is 1050. The average Bonchev–Trinajstić information content (AvgIpc) is 2.78. The molecule has 0 saturated carbocycles. The molecule has 0 unspecified atom stereocenters. The quantitative estimate of drug-likeness (QED) is 0.262. The van der Waals surface area contributed by atoms with E-state index >= 15 is 0 Å². The number of rotatable bonds is 9. The van der Waals surface area contributed by atoms with Gasteiger partial charge >= 0.3 is 0 Å². The Hall–Kier alpha value is -3.87. The van der Waals surface area contributed by atoms with Gasteiger partial charge in [-0.15, -0.1) is 0 Å². The van der Waals surface area contributed by atoms with Crippen LogP contribution >= 0.6 is 15.9 Å². The molecule has 0 aromatic heterocycles. The van der Waals surface area contributed by atoms with Gasteiger partial charge in [0.1, 0.15) is 5.75 Å². The lowest BCUT2D eigenvalue weighted by Gasteiger charge is -2.14. The fourth-order valence-electron chi connectivity index (χ4n) is 2.50. The largest absolute Gasteiger partial charge is 0.506 e. The van der Waals surface area contributed by atoms with Gasteiger partial charge in [-0.25, -0.2) is 5.43 Å². The Labute approximate surface area is 190 Å². The maximum atomic E-state index is 12.4. The van der Waals surface area contributed by atoms with E-state index in [1.165, 1.54) is 33.5 Å². The van der Waals surface area contributed by atoms with Gasteiger partial charge in [-0.05, 0) is 28.1 Å². The van der Waals surface area contributed by atoms with Crippen LogP contribution in [0.4, 0.5) is 5.69 Å². The summed E-state index contributed by atoms with van der Waals surface area (Å²) in [6, 6.07) is 5.07. The van der Waals surface area contributed by atoms with Crippen molar-refractivity contribution in [1.82, 2.24) is 10.7 Å². The van der Waals surface area contributed by atoms with Crippen LogP contribution in [0.2, 0.25) is 0 Å². The van der Waals surface area contributed by atoms with Gasteiger partial charge in [0.05, 0.1) is 43.5 Å². The maximum Gasteiger partial charge on any atom is 0.271 e. The van der Waals surface area contributed by atoms with Gasteiger partial charge < -0.3 is 24.6 Å². The third-order valence-corrected chi connectivity index (χ3v) is 4.62. The molecule has 0 aliphatic carbocycles. The summed E-state index contributed by atoms with van der Waals surface area (Å²) < 4.78 is 15.6. The second-order valence-electron chi connectivity index (χ2n) is 6.01. The molecule has 2 aromatic carbocycles. The predicted molar refractivity (Wildman–Crippen MR) is 117 cm³/mol. The van der Waals surface area contributed by atoms with Gasteiger partial charge in [0.15, 0.2) is 11.5 Å². The number of hydrogen-bond donors (Lipinski definition) is 3. The van der Waals surface area contributed by atoms with Crippen LogP contribution in [-0.4, -0.2) is 55.9 Å². The van der Waals surface area contributed by atoms with Crippen molar-refractivity contribution in [2.45, 2.75) is 0 Å². The number of nitro groups is 1. The molecular weight excluding hydrogens is 492 g/mol. The van der Waals surface area contributed by atoms with Gasteiger partial charge in [0.25, 0.3) is 17.5 Å². The summed E-state index contributed by atoms with van der Waals surface area (Å²) in [7, 11) is 4.24. The van der Waals surface area contributed by atoms with Crippen molar-refractivity contribution < 1.29 is 33.8 Å². The number of phenolic OH excluding ortho intramolecular Hbond substituents is 1. The Kier molecular flexibility index (Phi) is 8.35. The number of halogens is 1. The lowest BCUT2D eigenvalue weighted by molar-refractivity contribution is -0.385. The number of hydrazone groups is 1. The van der Waals surface area contributed by atoms with Crippen LogP contribution in [0.3, 0.4) is 0 Å². The number of methoxy groups -OCH3 is 3. The molecule has 0 saturated heterocycles. The second-order valence-corrected chi connectivity index (χ2v) is 6.87. The molecule has 0 spiro atoms. The number of nitrogens with one attached hydrogen (secondary N) is 2. The first-order valence-electron chi connectivity index (χ1n) is 8.78. The number of hydrogen-bond acceptors (Lipinski definition) is 9. The first-order valence-corrected chi connectivity index (χ1v) is 9.58. The van der Waals surface area contributed by atoms with Crippen LogP contribution < -0.4 is 25.0 Å². The van der Waals surface area contributed by atoms with E-state index in [1.807, 2.05) is 0 Å². The molecular formula is C19H19BrN4O8. The molecule has 2 aromatic rings. The molecule has 0 bridgehead atoms. The lowest BCUT2D eigenvalue weighted by atomic mass is 10.1. The Balaban J connectivity index is 2.02. The summed E-state index contributed by atoms with van der Waals surface area (Å²) in [4.78, 5) is 34.6. The highest BCUT2D eigenvalue weighted by molar-refractivity contribution is 9.10. The topological polar surface area (TPSA) is 162 Å². The Morgan fingerprint density at radius 2 is 1.78 bits per heavy atom. The van der Waals surface area contributed by atoms with Crippen LogP contribution in [0.1, 0.15) is 15.9 Å². The number of carbonyl (C=O) groups excluding carboxylic acids is 2. The normalized spacial score (nSPS) is 10.5. The molecule has 0 aliphatic rings. The van der Waals surface area contributed by atoms with Crippen molar-refractivity contribution in [3.63, 3.8) is 0 Å². The van der Waals surface area contributed by atoms with Crippen molar-refractivity contribution in [2.24, 2.45) is 5.10 Å². The van der Waals surface area contributed by atoms with Gasteiger partial charge in [0, 0.05) is 23.3 Å². The molecule has 12 nitrogen and oxygen atoms in total. The molecule has 32 heavy (non-hydrogen) atoms. The van der Waals surface area contributed by atoms with Crippen LogP contribution in [0.25, 0.3) is 0 Å². The zero-order chi connectivity index (χ0) is 23.8. The minimum Gasteiger partial charge on any atom is -0.506 e. The first kappa shape index (κ1) is 24.4. The summed E-state index contributed by atoms with van der Waals surface area (Å²) in [5.41, 5.74) is 2.05. The van der Waals surface area contributed by atoms with Gasteiger partial charge in [-0.2, -0.15) is 5.10 Å². The van der Waals surface area contributed by atoms with E-state index in [4.69, 9.17) is 14.2 Å². The molecule has 3 N–H and O–H groups in total. The highest BCUT2D eigenvalue weighted by Crippen LogP contribution is 2.38. The van der Waals surface area contributed by atoms with Crippen molar-refractivity contribution in [3.8, 4) is 23.0 Å². The monoisotopic (exact) mass is 510 g/mol. The highest BCUT2D eigenvalue weighted by atomic mass is 79.9. The summed E-state index contributed by atoms with van der Waals surface area (Å²) in [5, 5.41) is 26.9. The third kappa shape index (κ3) is 5.85. The zero-order valence-electron chi connectivity index (χ0n) is 17.2. The standard InChI is InChI=1S/C19H19BrN4O8/c1-30-14-5-10(6-15(31-2)18(14)32-3)19(27)21-9-16(25)23-22-8-11-4-12(24(28)29)7-13(20)17(11)26/h4-8,26H,9H2,1-3H3,(H,21,27)(H,23,25)/b22-8+. The Morgan fingerprint density at radius 1 is 1.16 bits per heavy atom. The molecule has 13 heteroatoms. The number of non-ortho nitro benzene ring substituents is 1. The Morgan fingerprint density at radius 3 is 2.31 bits per heavy atom. The van der Waals surface area contributed by atoms with Crippen molar-refractivity contribution >= 4 is 39.6 Å². The predicted octanol–water partition coefficient (Wildman–Crippen LogP) is 1.97. The van der Waals surface area contributed by atoms with E-state index in [0.717, 1.165) is 18.3 Å². The van der Waals surface area contributed by atoms with E-state index in [-0.39, 0.29) is 38.5 Å². The number of carbonyl (C=O) groups is 2. The van der Waals surface area contributed by atoms with E-state index in [1.54, 1.807) is 0 Å². The summed E-state index contributed by atoms with van der Waals surface area (Å²) in [6.07, 6.45) is 1.03. The van der Waals surface area contributed by atoms with Crippen LogP contribution in [0, 0.1) is 10.1 Å². The fraction of sp³-hybridized carbons (Fsp3) is 0.211. The zero-order valence-corrected chi connectivity index (χ0v) is 18.8. The van der Waals surface area contributed by atoms with Gasteiger partial charge in [0.2, 0.25) is 5.75 Å². The van der Waals surface area contributed by atoms with Crippen molar-refractivity contribution in [3.05, 3.63) is 50.0 Å². The van der Waals surface area contributed by atoms with Crippen LogP contribution in [0.15, 0.2) is 33.8 Å². The van der Waals surface area contributed by atoms with Crippen molar-refractivity contribution in [2.75, 3.05) is 27.9 Å². The molecule has 2 amide bonds. The number of phenols is 1. The van der Waals surface area contributed by atoms with Gasteiger partial charge in [-0.1, -0.05) is 0 Å². The smallest absolute Gasteiger partial charge is 0.271 e. The molecule has 0 fully saturated rings.